The largest absolute Gasteiger partial charge is 0.467 e. The molecule has 2 aromatic carbocycles. The van der Waals surface area contributed by atoms with Crippen molar-refractivity contribution >= 4 is 35.3 Å². The van der Waals surface area contributed by atoms with Crippen molar-refractivity contribution in [3.63, 3.8) is 0 Å². The lowest BCUT2D eigenvalue weighted by molar-refractivity contribution is -0.142. The van der Waals surface area contributed by atoms with Crippen LogP contribution < -0.4 is 21.3 Å². The number of methoxy groups -OCH3 is 1. The van der Waals surface area contributed by atoms with Crippen LogP contribution in [0.2, 0.25) is 0 Å². The molecule has 0 radical (unpaired) electrons. The Morgan fingerprint density at radius 3 is 2.14 bits per heavy atom. The van der Waals surface area contributed by atoms with Crippen LogP contribution in [0.4, 0.5) is 4.79 Å². The molecule has 0 fully saturated rings. The van der Waals surface area contributed by atoms with Crippen LogP contribution in [-0.2, 0) is 27.2 Å². The zero-order valence-electron chi connectivity index (χ0n) is 21.1. The van der Waals surface area contributed by atoms with Gasteiger partial charge in [0, 0.05) is 31.6 Å². The molecule has 0 saturated heterocycles. The Balaban J connectivity index is 1.78. The van der Waals surface area contributed by atoms with E-state index in [2.05, 4.69) is 21.3 Å². The van der Waals surface area contributed by atoms with E-state index in [4.69, 9.17) is 21.7 Å². The maximum absolute atomic E-state index is 12.7. The number of hydrogen-bond donors (Lipinski definition) is 4. The average molecular weight is 515 g/mol. The smallest absolute Gasteiger partial charge is 0.407 e. The number of benzene rings is 2. The van der Waals surface area contributed by atoms with Crippen molar-refractivity contribution in [2.45, 2.75) is 45.4 Å². The minimum atomic E-state index is -0.792. The molecule has 36 heavy (non-hydrogen) atoms. The maximum Gasteiger partial charge on any atom is 0.407 e. The minimum Gasteiger partial charge on any atom is -0.467 e. The molecule has 0 aromatic heterocycles. The van der Waals surface area contributed by atoms with Gasteiger partial charge in [-0.1, -0.05) is 42.5 Å². The molecule has 2 amide bonds. The van der Waals surface area contributed by atoms with Gasteiger partial charge in [0.05, 0.1) is 7.11 Å². The second-order valence-corrected chi connectivity index (χ2v) is 9.38. The number of amides is 2. The van der Waals surface area contributed by atoms with Crippen molar-refractivity contribution in [2.24, 2.45) is 0 Å². The average Bonchev–Trinajstić information content (AvgIpc) is 2.84. The summed E-state index contributed by atoms with van der Waals surface area (Å²) >= 11 is 5.25. The zero-order valence-corrected chi connectivity index (χ0v) is 21.9. The summed E-state index contributed by atoms with van der Waals surface area (Å²) in [6, 6.07) is 15.6. The van der Waals surface area contributed by atoms with Gasteiger partial charge in [-0.25, -0.2) is 9.59 Å². The molecule has 2 rings (SSSR count). The standard InChI is InChI=1S/C26H34N4O5S/c1-26(2,3)35-25(33)28-15-14-27-24(36)29-17-19-10-12-20(13-11-19)22(31)30-21(23(32)34-4)16-18-8-6-5-7-9-18/h5-13,21H,14-17H2,1-4H3,(H,28,33)(H,30,31)(H2,27,29,36)/t21-/m0/s1. The monoisotopic (exact) mass is 514 g/mol. The molecule has 0 bridgehead atoms. The number of rotatable bonds is 10. The van der Waals surface area contributed by atoms with Crippen LogP contribution in [0.25, 0.3) is 0 Å². The first kappa shape index (κ1) is 28.6. The zero-order chi connectivity index (χ0) is 26.6. The number of nitrogens with one attached hydrogen (secondary N) is 4. The van der Waals surface area contributed by atoms with E-state index in [1.807, 2.05) is 30.3 Å². The number of alkyl carbamates (subject to hydrolysis) is 1. The second kappa shape index (κ2) is 14.0. The van der Waals surface area contributed by atoms with Crippen molar-refractivity contribution < 1.29 is 23.9 Å². The highest BCUT2D eigenvalue weighted by Crippen LogP contribution is 2.09. The highest BCUT2D eigenvalue weighted by molar-refractivity contribution is 7.80. The van der Waals surface area contributed by atoms with Crippen LogP contribution in [0.1, 0.15) is 42.3 Å². The predicted octanol–water partition coefficient (Wildman–Crippen LogP) is 2.69. The minimum absolute atomic E-state index is 0.332. The number of ether oxygens (including phenoxy) is 2. The van der Waals surface area contributed by atoms with E-state index < -0.39 is 23.7 Å². The highest BCUT2D eigenvalue weighted by atomic mass is 32.1. The Morgan fingerprint density at radius 1 is 0.889 bits per heavy atom. The van der Waals surface area contributed by atoms with Gasteiger partial charge in [-0.05, 0) is 56.2 Å². The van der Waals surface area contributed by atoms with Crippen LogP contribution in [0, 0.1) is 0 Å². The van der Waals surface area contributed by atoms with Gasteiger partial charge < -0.3 is 30.7 Å². The SMILES string of the molecule is COC(=O)[C@H](Cc1ccccc1)NC(=O)c1ccc(CNC(=S)NCCNC(=O)OC(C)(C)C)cc1. The lowest BCUT2D eigenvalue weighted by atomic mass is 10.1. The summed E-state index contributed by atoms with van der Waals surface area (Å²) in [5.74, 6) is -0.870. The van der Waals surface area contributed by atoms with E-state index in [1.54, 1.807) is 45.0 Å². The first-order valence-electron chi connectivity index (χ1n) is 11.6. The molecule has 4 N–H and O–H groups in total. The van der Waals surface area contributed by atoms with Crippen molar-refractivity contribution in [1.82, 2.24) is 21.3 Å². The number of esters is 1. The predicted molar refractivity (Wildman–Crippen MR) is 142 cm³/mol. The third-order valence-corrected chi connectivity index (χ3v) is 5.11. The fourth-order valence-corrected chi connectivity index (χ4v) is 3.27. The molecule has 0 unspecified atom stereocenters. The Morgan fingerprint density at radius 2 is 1.53 bits per heavy atom. The summed E-state index contributed by atoms with van der Waals surface area (Å²) in [4.78, 5) is 36.5. The van der Waals surface area contributed by atoms with Crippen LogP contribution in [0.5, 0.6) is 0 Å². The topological polar surface area (TPSA) is 118 Å². The highest BCUT2D eigenvalue weighted by Gasteiger charge is 2.22. The molecular weight excluding hydrogens is 480 g/mol. The van der Waals surface area contributed by atoms with Gasteiger partial charge in [-0.2, -0.15) is 0 Å². The quantitative estimate of drug-likeness (QED) is 0.217. The first-order chi connectivity index (χ1) is 17.1. The molecule has 0 aliphatic carbocycles. The molecule has 0 spiro atoms. The molecule has 0 aliphatic rings. The van der Waals surface area contributed by atoms with Crippen molar-refractivity contribution in [3.05, 3.63) is 71.3 Å². The van der Waals surface area contributed by atoms with Crippen LogP contribution in [0.15, 0.2) is 54.6 Å². The van der Waals surface area contributed by atoms with E-state index in [-0.39, 0.29) is 5.91 Å². The summed E-state index contributed by atoms with van der Waals surface area (Å²) in [6.07, 6.45) is -0.149. The van der Waals surface area contributed by atoms with Crippen LogP contribution in [0.3, 0.4) is 0 Å². The molecule has 1 atom stereocenters. The molecular formula is C26H34N4O5S. The van der Waals surface area contributed by atoms with Crippen LogP contribution in [-0.4, -0.2) is 54.9 Å². The summed E-state index contributed by atoms with van der Waals surface area (Å²) in [7, 11) is 1.30. The van der Waals surface area contributed by atoms with E-state index in [1.165, 1.54) is 7.11 Å². The lowest BCUT2D eigenvalue weighted by Gasteiger charge is -2.19. The summed E-state index contributed by atoms with van der Waals surface area (Å²) < 4.78 is 10.0. The molecule has 9 nitrogen and oxygen atoms in total. The number of hydrogen-bond acceptors (Lipinski definition) is 6. The Kier molecular flexibility index (Phi) is 11.1. The fourth-order valence-electron chi connectivity index (χ4n) is 3.10. The fraction of sp³-hybridized carbons (Fsp3) is 0.385. The first-order valence-corrected chi connectivity index (χ1v) is 12.0. The number of carbonyl (C=O) groups is 3. The van der Waals surface area contributed by atoms with Gasteiger partial charge in [0.25, 0.3) is 5.91 Å². The maximum atomic E-state index is 12.7. The van der Waals surface area contributed by atoms with Gasteiger partial charge in [0.2, 0.25) is 0 Å². The molecule has 0 saturated carbocycles. The Hall–Kier alpha value is -3.66. The van der Waals surface area contributed by atoms with Gasteiger partial charge in [0.15, 0.2) is 5.11 Å². The van der Waals surface area contributed by atoms with Gasteiger partial charge in [0.1, 0.15) is 11.6 Å². The van der Waals surface area contributed by atoms with E-state index in [0.29, 0.717) is 36.7 Å². The number of thiocarbonyl (C=S) groups is 1. The number of carbonyl (C=O) groups excluding carboxylic acids is 3. The summed E-state index contributed by atoms with van der Waals surface area (Å²) in [5.41, 5.74) is 1.71. The third kappa shape index (κ3) is 10.7. The Bertz CT molecular complexity index is 1020. The van der Waals surface area contributed by atoms with Crippen LogP contribution >= 0.6 is 12.2 Å². The Labute approximate surface area is 217 Å². The third-order valence-electron chi connectivity index (χ3n) is 4.82. The van der Waals surface area contributed by atoms with Gasteiger partial charge in [-0.15, -0.1) is 0 Å². The summed E-state index contributed by atoms with van der Waals surface area (Å²) in [5, 5.41) is 11.9. The van der Waals surface area contributed by atoms with E-state index in [9.17, 15) is 14.4 Å². The molecule has 2 aromatic rings. The molecule has 194 valence electrons. The van der Waals surface area contributed by atoms with Crippen molar-refractivity contribution in [1.29, 1.82) is 0 Å². The van der Waals surface area contributed by atoms with Gasteiger partial charge >= 0.3 is 12.1 Å². The second-order valence-electron chi connectivity index (χ2n) is 8.97. The van der Waals surface area contributed by atoms with Crippen molar-refractivity contribution in [2.75, 3.05) is 20.2 Å². The normalized spacial score (nSPS) is 11.6. The lowest BCUT2D eigenvalue weighted by Crippen LogP contribution is -2.43. The summed E-state index contributed by atoms with van der Waals surface area (Å²) in [6.45, 7) is 6.65. The van der Waals surface area contributed by atoms with E-state index in [0.717, 1.165) is 11.1 Å². The molecule has 10 heteroatoms. The van der Waals surface area contributed by atoms with Gasteiger partial charge in [-0.3, -0.25) is 4.79 Å². The van der Waals surface area contributed by atoms with Crippen molar-refractivity contribution in [3.8, 4) is 0 Å². The molecule has 0 aliphatic heterocycles. The van der Waals surface area contributed by atoms with E-state index >= 15 is 0 Å². The molecule has 0 heterocycles.